The van der Waals surface area contributed by atoms with Crippen molar-refractivity contribution in [2.24, 2.45) is 5.92 Å². The second-order valence-corrected chi connectivity index (χ2v) is 17.8. The highest BCUT2D eigenvalue weighted by atomic mass is 32.1. The molecular formula is C44H48N8O7S. The van der Waals surface area contributed by atoms with Gasteiger partial charge in [0.25, 0.3) is 17.7 Å². The number of ether oxygens (including phenoxy) is 1. The van der Waals surface area contributed by atoms with E-state index in [4.69, 9.17) is 9.72 Å². The number of piperidine rings is 1. The average molecular weight is 833 g/mol. The van der Waals surface area contributed by atoms with Crippen molar-refractivity contribution in [2.75, 3.05) is 43.4 Å². The third-order valence-electron chi connectivity index (χ3n) is 12.0. The number of thiazole rings is 1. The van der Waals surface area contributed by atoms with E-state index in [0.717, 1.165) is 78.3 Å². The highest BCUT2D eigenvalue weighted by Crippen LogP contribution is 2.42. The summed E-state index contributed by atoms with van der Waals surface area (Å²) in [4.78, 5) is 76.5. The number of aliphatic hydroxyl groups is 1. The van der Waals surface area contributed by atoms with E-state index in [1.165, 1.54) is 18.5 Å². The van der Waals surface area contributed by atoms with Crippen LogP contribution < -0.4 is 16.0 Å². The van der Waals surface area contributed by atoms with Gasteiger partial charge in [-0.1, -0.05) is 6.07 Å². The number of anilines is 2. The summed E-state index contributed by atoms with van der Waals surface area (Å²) in [5.74, 6) is -1.57. The Morgan fingerprint density at radius 3 is 2.65 bits per heavy atom. The van der Waals surface area contributed by atoms with Crippen molar-refractivity contribution >= 4 is 62.5 Å². The number of aromatic nitrogens is 2. The van der Waals surface area contributed by atoms with Gasteiger partial charge in [-0.25, -0.2) is 4.98 Å². The van der Waals surface area contributed by atoms with E-state index < -0.39 is 41.2 Å². The van der Waals surface area contributed by atoms with E-state index in [-0.39, 0.29) is 41.2 Å². The SMILES string of the molecule is CC(C)(O)c1cc2nc(C3CCC(CN4CCO[C@H](CCCNc5cccc6c5C(=O)N(C5CCC(=O)NC5=O)C6=O)C4)CC3)sc2cc1NC(=O)c1cncc(C#N)c1. The average Bonchev–Trinajstić information content (AvgIpc) is 3.76. The first-order chi connectivity index (χ1) is 28.9. The molecule has 15 nitrogen and oxygen atoms in total. The van der Waals surface area contributed by atoms with Gasteiger partial charge in [0.15, 0.2) is 0 Å². The standard InChI is InChI=1S/C44H48N8O7S/c1-44(2,58)31-18-34-36(19-33(31)48-39(54)28-17-26(20-45)21-46-22-28)60-41(49-34)27-10-8-25(9-11-27)23-51-15-16-59-29(24-51)5-4-14-47-32-7-3-6-30-38(32)43(57)52(42(30)56)35-12-13-37(53)50-40(35)55/h3,6-7,17-19,21-22,25,27,29,35,47,58H,4-5,8-16,23-24H2,1-2H3,(H,48,54)(H,50,53,55)/t25?,27?,29-,35?/m1/s1. The predicted molar refractivity (Wildman–Crippen MR) is 223 cm³/mol. The van der Waals surface area contributed by atoms with Crippen molar-refractivity contribution in [2.45, 2.75) is 88.9 Å². The minimum Gasteiger partial charge on any atom is -0.386 e. The summed E-state index contributed by atoms with van der Waals surface area (Å²) in [6, 6.07) is 11.3. The molecule has 8 rings (SSSR count). The lowest BCUT2D eigenvalue weighted by Crippen LogP contribution is -2.54. The van der Waals surface area contributed by atoms with E-state index in [1.54, 1.807) is 43.4 Å². The third-order valence-corrected chi connectivity index (χ3v) is 13.2. The van der Waals surface area contributed by atoms with E-state index >= 15 is 0 Å². The number of carbonyl (C=O) groups excluding carboxylic acids is 5. The molecule has 4 N–H and O–H groups in total. The lowest BCUT2D eigenvalue weighted by atomic mass is 9.82. The van der Waals surface area contributed by atoms with Gasteiger partial charge in [-0.2, -0.15) is 5.26 Å². The number of nitrogens with zero attached hydrogens (tertiary/aromatic N) is 5. The first-order valence-corrected chi connectivity index (χ1v) is 21.4. The van der Waals surface area contributed by atoms with Crippen LogP contribution in [0.25, 0.3) is 10.2 Å². The van der Waals surface area contributed by atoms with Crippen LogP contribution in [0.4, 0.5) is 11.4 Å². The third kappa shape index (κ3) is 8.66. The van der Waals surface area contributed by atoms with Crippen LogP contribution >= 0.6 is 11.3 Å². The monoisotopic (exact) mass is 832 g/mol. The van der Waals surface area contributed by atoms with Crippen molar-refractivity contribution in [3.05, 3.63) is 81.6 Å². The van der Waals surface area contributed by atoms with Gasteiger partial charge >= 0.3 is 0 Å². The van der Waals surface area contributed by atoms with E-state index in [9.17, 15) is 34.3 Å². The van der Waals surface area contributed by atoms with Crippen molar-refractivity contribution in [1.82, 2.24) is 25.1 Å². The van der Waals surface area contributed by atoms with Crippen molar-refractivity contribution in [3.63, 3.8) is 0 Å². The number of nitrogens with one attached hydrogen (secondary N) is 3. The molecule has 1 unspecified atom stereocenters. The summed E-state index contributed by atoms with van der Waals surface area (Å²) in [5, 5.41) is 29.9. The van der Waals surface area contributed by atoms with Crippen LogP contribution in [0.15, 0.2) is 48.8 Å². The molecule has 60 heavy (non-hydrogen) atoms. The molecule has 0 bridgehead atoms. The zero-order chi connectivity index (χ0) is 42.1. The van der Waals surface area contributed by atoms with Crippen LogP contribution in [-0.4, -0.2) is 99.3 Å². The highest BCUT2D eigenvalue weighted by molar-refractivity contribution is 7.18. The summed E-state index contributed by atoms with van der Waals surface area (Å²) >= 11 is 1.63. The van der Waals surface area contributed by atoms with Crippen LogP contribution in [0.1, 0.15) is 118 Å². The normalized spacial score (nSPS) is 22.4. The Balaban J connectivity index is 0.818. The number of fused-ring (bicyclic) bond motifs is 2. The summed E-state index contributed by atoms with van der Waals surface area (Å²) in [5.41, 5.74) is 2.23. The number of imide groups is 2. The topological polar surface area (TPSA) is 207 Å². The van der Waals surface area contributed by atoms with Gasteiger partial charge in [-0.15, -0.1) is 11.3 Å². The summed E-state index contributed by atoms with van der Waals surface area (Å²) in [7, 11) is 0. The Morgan fingerprint density at radius 2 is 1.88 bits per heavy atom. The lowest BCUT2D eigenvalue weighted by molar-refractivity contribution is -0.136. The summed E-state index contributed by atoms with van der Waals surface area (Å²) < 4.78 is 7.08. The molecule has 2 saturated heterocycles. The van der Waals surface area contributed by atoms with Gasteiger partial charge in [0, 0.05) is 67.8 Å². The number of carbonyl (C=O) groups is 5. The number of amides is 5. The fourth-order valence-electron chi connectivity index (χ4n) is 8.89. The lowest BCUT2D eigenvalue weighted by Gasteiger charge is -2.37. The van der Waals surface area contributed by atoms with E-state index in [1.807, 2.05) is 18.2 Å². The maximum Gasteiger partial charge on any atom is 0.264 e. The molecule has 2 atom stereocenters. The van der Waals surface area contributed by atoms with Crippen molar-refractivity contribution in [3.8, 4) is 6.07 Å². The smallest absolute Gasteiger partial charge is 0.264 e. The molecule has 2 aromatic heterocycles. The number of morpholine rings is 1. The number of rotatable bonds is 12. The zero-order valence-corrected chi connectivity index (χ0v) is 34.5. The molecule has 4 aliphatic rings. The Kier molecular flexibility index (Phi) is 11.8. The second-order valence-electron chi connectivity index (χ2n) is 16.7. The van der Waals surface area contributed by atoms with Crippen LogP contribution in [0.2, 0.25) is 0 Å². The Hall–Kier alpha value is -5.60. The molecule has 2 aromatic carbocycles. The number of hydrogen-bond acceptors (Lipinski definition) is 13. The molecule has 5 amide bonds. The molecule has 312 valence electrons. The van der Waals surface area contributed by atoms with Gasteiger partial charge in [0.2, 0.25) is 11.8 Å². The maximum atomic E-state index is 13.4. The number of benzene rings is 2. The molecule has 1 aliphatic carbocycles. The first kappa shape index (κ1) is 41.1. The highest BCUT2D eigenvalue weighted by Gasteiger charge is 2.45. The van der Waals surface area contributed by atoms with Crippen LogP contribution in [0.3, 0.4) is 0 Å². The van der Waals surface area contributed by atoms with Crippen molar-refractivity contribution < 1.29 is 33.8 Å². The van der Waals surface area contributed by atoms with Crippen LogP contribution in [-0.2, 0) is 19.9 Å². The van der Waals surface area contributed by atoms with E-state index in [0.29, 0.717) is 41.9 Å². The number of pyridine rings is 1. The molecule has 4 aromatic rings. The summed E-state index contributed by atoms with van der Waals surface area (Å²) in [6.07, 6.45) is 9.00. The molecule has 3 fully saturated rings. The fraction of sp³-hybridized carbons (Fsp3) is 0.455. The number of nitriles is 1. The summed E-state index contributed by atoms with van der Waals surface area (Å²) in [6.45, 7) is 7.38. The van der Waals surface area contributed by atoms with Gasteiger partial charge in [-0.3, -0.25) is 44.1 Å². The van der Waals surface area contributed by atoms with Gasteiger partial charge in [0.1, 0.15) is 12.1 Å². The maximum absolute atomic E-state index is 13.4. The molecule has 3 aliphatic heterocycles. The molecule has 0 spiro atoms. The van der Waals surface area contributed by atoms with Crippen LogP contribution in [0, 0.1) is 17.2 Å². The van der Waals surface area contributed by atoms with Crippen molar-refractivity contribution in [1.29, 1.82) is 5.26 Å². The number of hydrogen-bond donors (Lipinski definition) is 4. The van der Waals surface area contributed by atoms with Gasteiger partial charge in [0.05, 0.1) is 55.8 Å². The van der Waals surface area contributed by atoms with Gasteiger partial charge < -0.3 is 20.5 Å². The largest absolute Gasteiger partial charge is 0.386 e. The molecule has 16 heteroatoms. The Morgan fingerprint density at radius 1 is 1.07 bits per heavy atom. The molecule has 5 heterocycles. The minimum absolute atomic E-state index is 0.0732. The predicted octanol–water partition coefficient (Wildman–Crippen LogP) is 5.31. The van der Waals surface area contributed by atoms with Crippen LogP contribution in [0.5, 0.6) is 0 Å². The fourth-order valence-corrected chi connectivity index (χ4v) is 10.0. The molecule has 1 saturated carbocycles. The second kappa shape index (κ2) is 17.2. The first-order valence-electron chi connectivity index (χ1n) is 20.6. The molecule has 0 radical (unpaired) electrons. The molecular weight excluding hydrogens is 785 g/mol. The zero-order valence-electron chi connectivity index (χ0n) is 33.7. The van der Waals surface area contributed by atoms with E-state index in [2.05, 4.69) is 25.8 Å². The quantitative estimate of drug-likeness (QED) is 0.106. The Bertz CT molecular complexity index is 2400. The Labute approximate surface area is 351 Å². The van der Waals surface area contributed by atoms with Gasteiger partial charge in [-0.05, 0) is 95.0 Å². The minimum atomic E-state index is -1.24.